The van der Waals surface area contributed by atoms with Crippen LogP contribution in [0.15, 0.2) is 35.3 Å². The SMILES string of the molecule is NCCCCC(NC(=O)[C@@H]1CCCN1C(=O)/C=C/c1ccc(O)cc1)C(=O)NC(CCCN=C(N)N)C(N)=O. The number of hydrogen-bond donors (Lipinski definition) is 7. The molecule has 1 fully saturated rings. The number of carbonyl (C=O) groups is 4. The number of benzene rings is 1. The molecule has 0 aliphatic carbocycles. The van der Waals surface area contributed by atoms with E-state index >= 15 is 0 Å². The molecule has 13 heteroatoms. The first-order valence-electron chi connectivity index (χ1n) is 13.1. The van der Waals surface area contributed by atoms with E-state index in [4.69, 9.17) is 22.9 Å². The zero-order valence-electron chi connectivity index (χ0n) is 22.1. The quantitative estimate of drug-likeness (QED) is 0.0627. The zero-order valence-corrected chi connectivity index (χ0v) is 22.1. The summed E-state index contributed by atoms with van der Waals surface area (Å²) in [6.45, 7) is 1.10. The Labute approximate surface area is 228 Å². The zero-order chi connectivity index (χ0) is 28.8. The minimum Gasteiger partial charge on any atom is -0.508 e. The van der Waals surface area contributed by atoms with Crippen LogP contribution >= 0.6 is 0 Å². The number of unbranched alkanes of at least 4 members (excludes halogenated alkanes) is 1. The number of carbonyl (C=O) groups excluding carboxylic acids is 4. The Balaban J connectivity index is 2.05. The second kappa shape index (κ2) is 16.0. The minimum atomic E-state index is -0.963. The Morgan fingerprint density at radius 2 is 1.72 bits per heavy atom. The van der Waals surface area contributed by atoms with Gasteiger partial charge in [-0.25, -0.2) is 0 Å². The molecule has 13 nitrogen and oxygen atoms in total. The van der Waals surface area contributed by atoms with Crippen molar-refractivity contribution < 1.29 is 24.3 Å². The highest BCUT2D eigenvalue weighted by Gasteiger charge is 2.35. The fourth-order valence-electron chi connectivity index (χ4n) is 4.24. The number of hydrogen-bond acceptors (Lipinski definition) is 7. The van der Waals surface area contributed by atoms with Gasteiger partial charge in [-0.05, 0) is 75.3 Å². The molecule has 1 aliphatic heterocycles. The first-order chi connectivity index (χ1) is 18.6. The smallest absolute Gasteiger partial charge is 0.247 e. The van der Waals surface area contributed by atoms with E-state index in [0.717, 1.165) is 5.56 Å². The van der Waals surface area contributed by atoms with E-state index in [-0.39, 0.29) is 30.6 Å². The van der Waals surface area contributed by atoms with Crippen molar-refractivity contribution in [3.63, 3.8) is 0 Å². The first-order valence-corrected chi connectivity index (χ1v) is 13.1. The topological polar surface area (TPSA) is 232 Å². The van der Waals surface area contributed by atoms with E-state index < -0.39 is 35.8 Å². The summed E-state index contributed by atoms with van der Waals surface area (Å²) >= 11 is 0. The van der Waals surface area contributed by atoms with Gasteiger partial charge in [0.2, 0.25) is 23.6 Å². The van der Waals surface area contributed by atoms with Gasteiger partial charge >= 0.3 is 0 Å². The van der Waals surface area contributed by atoms with Gasteiger partial charge in [-0.1, -0.05) is 12.1 Å². The van der Waals surface area contributed by atoms with Crippen molar-refractivity contribution in [2.24, 2.45) is 27.9 Å². The molecule has 2 unspecified atom stereocenters. The molecule has 11 N–H and O–H groups in total. The van der Waals surface area contributed by atoms with Crippen molar-refractivity contribution in [2.45, 2.75) is 63.1 Å². The molecular formula is C26H40N8O5. The average molecular weight is 545 g/mol. The van der Waals surface area contributed by atoms with Crippen molar-refractivity contribution in [2.75, 3.05) is 19.6 Å². The van der Waals surface area contributed by atoms with E-state index in [1.54, 1.807) is 18.2 Å². The van der Waals surface area contributed by atoms with Gasteiger partial charge in [0.1, 0.15) is 23.9 Å². The standard InChI is InChI=1S/C26H40N8O5/c27-14-2-1-5-20(24(38)32-19(23(28)37)6-3-15-31-26(29)30)33-25(39)21-7-4-16-34(21)22(36)13-10-17-8-11-18(35)12-9-17/h8-13,19-21,35H,1-7,14-16,27H2,(H2,28,37)(H,32,38)(H,33,39)(H4,29,30,31)/b13-10+/t19?,20?,21-/m0/s1. The lowest BCUT2D eigenvalue weighted by atomic mass is 10.1. The maximum absolute atomic E-state index is 13.2. The first kappa shape index (κ1) is 31.1. The van der Waals surface area contributed by atoms with E-state index in [1.807, 2.05) is 0 Å². The summed E-state index contributed by atoms with van der Waals surface area (Å²) in [5.41, 5.74) is 22.4. The third kappa shape index (κ3) is 10.6. The van der Waals surface area contributed by atoms with Crippen LogP contribution in [0.5, 0.6) is 5.75 Å². The Morgan fingerprint density at radius 1 is 1.03 bits per heavy atom. The number of nitrogens with one attached hydrogen (secondary N) is 2. The van der Waals surface area contributed by atoms with Crippen LogP contribution in [0.25, 0.3) is 6.08 Å². The maximum Gasteiger partial charge on any atom is 0.247 e. The fraction of sp³-hybridized carbons (Fsp3) is 0.500. The van der Waals surface area contributed by atoms with Gasteiger partial charge < -0.3 is 43.6 Å². The molecule has 1 saturated heterocycles. The van der Waals surface area contributed by atoms with Crippen molar-refractivity contribution >= 4 is 35.7 Å². The summed E-state index contributed by atoms with van der Waals surface area (Å²) in [5, 5.41) is 14.8. The number of rotatable bonds is 15. The Bertz CT molecular complexity index is 1040. The normalized spacial score (nSPS) is 16.4. The maximum atomic E-state index is 13.2. The fourth-order valence-corrected chi connectivity index (χ4v) is 4.24. The molecule has 214 valence electrons. The lowest BCUT2D eigenvalue weighted by Crippen LogP contribution is -2.55. The highest BCUT2D eigenvalue weighted by atomic mass is 16.3. The third-order valence-corrected chi connectivity index (χ3v) is 6.34. The average Bonchev–Trinajstić information content (AvgIpc) is 3.39. The van der Waals surface area contributed by atoms with Gasteiger partial charge in [0, 0.05) is 19.2 Å². The van der Waals surface area contributed by atoms with Gasteiger partial charge in [0.25, 0.3) is 0 Å². The van der Waals surface area contributed by atoms with Crippen LogP contribution in [0.1, 0.15) is 50.5 Å². The van der Waals surface area contributed by atoms with Crippen LogP contribution in [0.3, 0.4) is 0 Å². The van der Waals surface area contributed by atoms with Gasteiger partial charge in [-0.3, -0.25) is 24.2 Å². The lowest BCUT2D eigenvalue weighted by Gasteiger charge is -2.26. The number of nitrogens with two attached hydrogens (primary N) is 4. The molecule has 4 amide bonds. The molecule has 2 rings (SSSR count). The summed E-state index contributed by atoms with van der Waals surface area (Å²) in [5.74, 6) is -2.00. The molecule has 1 aliphatic rings. The van der Waals surface area contributed by atoms with Crippen LogP contribution in [0, 0.1) is 0 Å². The number of primary amides is 1. The van der Waals surface area contributed by atoms with Crippen molar-refractivity contribution in [1.82, 2.24) is 15.5 Å². The Hall–Kier alpha value is -4.13. The van der Waals surface area contributed by atoms with Crippen molar-refractivity contribution in [3.05, 3.63) is 35.9 Å². The van der Waals surface area contributed by atoms with Crippen LogP contribution in [-0.4, -0.2) is 77.4 Å². The molecule has 0 saturated carbocycles. The number of aliphatic imine (C=N–C) groups is 1. The van der Waals surface area contributed by atoms with E-state index in [0.29, 0.717) is 51.6 Å². The summed E-state index contributed by atoms with van der Waals surface area (Å²) in [6.07, 6.45) is 6.23. The minimum absolute atomic E-state index is 0.0763. The molecule has 39 heavy (non-hydrogen) atoms. The number of aromatic hydroxyl groups is 1. The van der Waals surface area contributed by atoms with Gasteiger partial charge in [-0.15, -0.1) is 0 Å². The number of likely N-dealkylation sites (tertiary alicyclic amines) is 1. The van der Waals surface area contributed by atoms with Gasteiger partial charge in [0.15, 0.2) is 5.96 Å². The number of phenolic OH excluding ortho intramolecular Hbond substituents is 1. The monoisotopic (exact) mass is 544 g/mol. The lowest BCUT2D eigenvalue weighted by molar-refractivity contribution is -0.137. The molecule has 0 spiro atoms. The predicted octanol–water partition coefficient (Wildman–Crippen LogP) is -0.966. The third-order valence-electron chi connectivity index (χ3n) is 6.34. The van der Waals surface area contributed by atoms with Crippen LogP contribution in [0.4, 0.5) is 0 Å². The highest BCUT2D eigenvalue weighted by molar-refractivity contribution is 5.97. The largest absolute Gasteiger partial charge is 0.508 e. The second-order valence-corrected chi connectivity index (χ2v) is 9.37. The molecule has 0 aromatic heterocycles. The number of nitrogens with zero attached hydrogens (tertiary/aromatic N) is 2. The van der Waals surface area contributed by atoms with Crippen LogP contribution in [-0.2, 0) is 19.2 Å². The highest BCUT2D eigenvalue weighted by Crippen LogP contribution is 2.19. The van der Waals surface area contributed by atoms with Crippen LogP contribution in [0.2, 0.25) is 0 Å². The number of guanidine groups is 1. The van der Waals surface area contributed by atoms with E-state index in [9.17, 15) is 24.3 Å². The van der Waals surface area contributed by atoms with E-state index in [1.165, 1.54) is 23.1 Å². The number of phenols is 1. The summed E-state index contributed by atoms with van der Waals surface area (Å²) in [6, 6.07) is 3.72. The molecule has 1 heterocycles. The summed E-state index contributed by atoms with van der Waals surface area (Å²) in [7, 11) is 0. The molecule has 0 radical (unpaired) electrons. The molecule has 0 bridgehead atoms. The molecular weight excluding hydrogens is 504 g/mol. The van der Waals surface area contributed by atoms with Gasteiger partial charge in [-0.2, -0.15) is 0 Å². The Morgan fingerprint density at radius 3 is 2.36 bits per heavy atom. The van der Waals surface area contributed by atoms with Gasteiger partial charge in [0.05, 0.1) is 0 Å². The molecule has 1 aromatic rings. The predicted molar refractivity (Wildman–Crippen MR) is 148 cm³/mol. The Kier molecular flexibility index (Phi) is 12.7. The molecule has 3 atom stereocenters. The second-order valence-electron chi connectivity index (χ2n) is 9.37. The van der Waals surface area contributed by atoms with E-state index in [2.05, 4.69) is 15.6 Å². The molecule has 1 aromatic carbocycles. The number of amides is 4. The van der Waals surface area contributed by atoms with Crippen LogP contribution < -0.4 is 33.6 Å². The summed E-state index contributed by atoms with van der Waals surface area (Å²) in [4.78, 5) is 56.4. The summed E-state index contributed by atoms with van der Waals surface area (Å²) < 4.78 is 0. The van der Waals surface area contributed by atoms with Crippen molar-refractivity contribution in [3.8, 4) is 5.75 Å². The van der Waals surface area contributed by atoms with Crippen molar-refractivity contribution in [1.29, 1.82) is 0 Å².